The van der Waals surface area contributed by atoms with Crippen molar-refractivity contribution in [2.75, 3.05) is 0 Å². The third-order valence-electron chi connectivity index (χ3n) is 3.45. The van der Waals surface area contributed by atoms with Crippen LogP contribution in [0, 0.1) is 0 Å². The molecule has 0 saturated carbocycles. The number of carbonyl (C=O) groups is 1. The van der Waals surface area contributed by atoms with E-state index in [1.807, 2.05) is 0 Å². The third-order valence-corrected chi connectivity index (χ3v) is 3.45. The molecule has 3 rings (SSSR count). The third kappa shape index (κ3) is 2.69. The van der Waals surface area contributed by atoms with E-state index in [1.165, 1.54) is 18.4 Å². The summed E-state index contributed by atoms with van der Waals surface area (Å²) in [6.07, 6.45) is 1.46. The second-order valence-corrected chi connectivity index (χ2v) is 5.07. The van der Waals surface area contributed by atoms with Gasteiger partial charge in [0.2, 0.25) is 16.9 Å². The summed E-state index contributed by atoms with van der Waals surface area (Å²) in [5.74, 6) is -1.51. The minimum absolute atomic E-state index is 0.0533. The Labute approximate surface area is 129 Å². The zero-order chi connectivity index (χ0) is 16.6. The first-order valence-electron chi connectivity index (χ1n) is 6.78. The normalized spacial score (nSPS) is 12.4. The molecule has 1 atom stereocenters. The van der Waals surface area contributed by atoms with Gasteiger partial charge in [0.1, 0.15) is 11.6 Å². The van der Waals surface area contributed by atoms with Gasteiger partial charge in [-0.2, -0.15) is 0 Å². The molecule has 0 saturated heterocycles. The average molecular weight is 315 g/mol. The first-order valence-corrected chi connectivity index (χ1v) is 6.78. The fourth-order valence-electron chi connectivity index (χ4n) is 2.28. The number of hydrogen-bond acceptors (Lipinski definition) is 6. The predicted molar refractivity (Wildman–Crippen MR) is 81.2 cm³/mol. The maximum atomic E-state index is 12.3. The van der Waals surface area contributed by atoms with Gasteiger partial charge in [-0.05, 0) is 36.2 Å². The van der Waals surface area contributed by atoms with E-state index in [-0.39, 0.29) is 28.9 Å². The zero-order valence-corrected chi connectivity index (χ0v) is 11.9. The van der Waals surface area contributed by atoms with Gasteiger partial charge in [-0.25, -0.2) is 0 Å². The minimum Gasteiger partial charge on any atom is -0.501 e. The lowest BCUT2D eigenvalue weighted by Gasteiger charge is -2.08. The van der Waals surface area contributed by atoms with Gasteiger partial charge in [-0.1, -0.05) is 6.07 Å². The molecule has 4 N–H and O–H groups in total. The number of benzene rings is 1. The van der Waals surface area contributed by atoms with Crippen molar-refractivity contribution in [2.24, 2.45) is 5.73 Å². The number of hydrogen-bond donors (Lipinski definition) is 3. The highest BCUT2D eigenvalue weighted by Gasteiger charge is 2.18. The van der Waals surface area contributed by atoms with E-state index >= 15 is 0 Å². The summed E-state index contributed by atoms with van der Waals surface area (Å²) < 4.78 is 10.7. The molecule has 0 aliphatic carbocycles. The summed E-state index contributed by atoms with van der Waals surface area (Å²) in [5, 5.41) is 19.0. The quantitative estimate of drug-likeness (QED) is 0.668. The van der Waals surface area contributed by atoms with E-state index in [0.29, 0.717) is 5.56 Å². The van der Waals surface area contributed by atoms with E-state index in [4.69, 9.17) is 19.7 Å². The number of fused-ring (bicyclic) bond motifs is 1. The molecule has 0 unspecified atom stereocenters. The van der Waals surface area contributed by atoms with E-state index in [9.17, 15) is 14.7 Å². The lowest BCUT2D eigenvalue weighted by atomic mass is 10.0. The Bertz CT molecular complexity index is 926. The topological polar surface area (TPSA) is 127 Å². The van der Waals surface area contributed by atoms with Gasteiger partial charge in [0.05, 0.1) is 11.6 Å². The lowest BCUT2D eigenvalue weighted by molar-refractivity contribution is -0.138. The summed E-state index contributed by atoms with van der Waals surface area (Å²) in [4.78, 5) is 23.1. The molecule has 0 fully saturated rings. The van der Waals surface area contributed by atoms with E-state index in [2.05, 4.69) is 0 Å². The zero-order valence-electron chi connectivity index (χ0n) is 11.9. The molecule has 1 aromatic carbocycles. The van der Waals surface area contributed by atoms with Crippen molar-refractivity contribution >= 4 is 16.9 Å². The van der Waals surface area contributed by atoms with Crippen LogP contribution in [0.5, 0.6) is 5.75 Å². The van der Waals surface area contributed by atoms with Crippen LogP contribution in [0.4, 0.5) is 0 Å². The van der Waals surface area contributed by atoms with Gasteiger partial charge in [-0.15, -0.1) is 0 Å². The number of carboxylic acid groups (broad SMARTS) is 1. The van der Waals surface area contributed by atoms with Crippen LogP contribution in [0.2, 0.25) is 0 Å². The Morgan fingerprint density at radius 3 is 2.74 bits per heavy atom. The number of aliphatic carboxylic acids is 1. The van der Waals surface area contributed by atoms with Crippen LogP contribution in [0.1, 0.15) is 5.56 Å². The van der Waals surface area contributed by atoms with Gasteiger partial charge in [0.25, 0.3) is 0 Å². The monoisotopic (exact) mass is 315 g/mol. The van der Waals surface area contributed by atoms with Crippen LogP contribution in [0.3, 0.4) is 0 Å². The van der Waals surface area contributed by atoms with Crippen LogP contribution in [-0.2, 0) is 11.2 Å². The van der Waals surface area contributed by atoms with Gasteiger partial charge < -0.3 is 24.8 Å². The summed E-state index contributed by atoms with van der Waals surface area (Å²) in [5.41, 5.74) is 5.68. The Morgan fingerprint density at radius 1 is 1.30 bits per heavy atom. The molecule has 2 heterocycles. The molecule has 0 aliphatic heterocycles. The fourth-order valence-corrected chi connectivity index (χ4v) is 2.28. The Kier molecular flexibility index (Phi) is 3.63. The highest BCUT2D eigenvalue weighted by atomic mass is 16.4. The number of aromatic hydroxyl groups is 1. The van der Waals surface area contributed by atoms with Crippen molar-refractivity contribution in [3.63, 3.8) is 0 Å². The Hall–Kier alpha value is -3.06. The molecular formula is C16H13NO6. The smallest absolute Gasteiger partial charge is 0.320 e. The van der Waals surface area contributed by atoms with Gasteiger partial charge in [0.15, 0.2) is 5.76 Å². The molecular weight excluding hydrogens is 302 g/mol. The molecule has 118 valence electrons. The van der Waals surface area contributed by atoms with Crippen molar-refractivity contribution in [1.29, 1.82) is 0 Å². The summed E-state index contributed by atoms with van der Waals surface area (Å²) in [6.45, 7) is 0. The first kappa shape index (κ1) is 14.9. The van der Waals surface area contributed by atoms with Gasteiger partial charge in [-0.3, -0.25) is 9.59 Å². The second kappa shape index (κ2) is 5.62. The average Bonchev–Trinajstić information content (AvgIpc) is 3.05. The van der Waals surface area contributed by atoms with Crippen molar-refractivity contribution in [1.82, 2.24) is 0 Å². The molecule has 7 nitrogen and oxygen atoms in total. The Balaban J connectivity index is 2.11. The molecule has 0 aliphatic rings. The number of rotatable bonds is 4. The molecule has 3 aromatic rings. The van der Waals surface area contributed by atoms with E-state index < -0.39 is 23.2 Å². The van der Waals surface area contributed by atoms with Crippen LogP contribution in [0.25, 0.3) is 22.5 Å². The van der Waals surface area contributed by atoms with E-state index in [0.717, 1.165) is 0 Å². The highest BCUT2D eigenvalue weighted by Crippen LogP contribution is 2.30. The molecule has 0 amide bonds. The van der Waals surface area contributed by atoms with Crippen LogP contribution in [0.15, 0.2) is 50.2 Å². The fraction of sp³-hybridized carbons (Fsp3) is 0.125. The van der Waals surface area contributed by atoms with Crippen LogP contribution in [-0.4, -0.2) is 22.2 Å². The van der Waals surface area contributed by atoms with Crippen molar-refractivity contribution in [3.05, 3.63) is 52.4 Å². The Morgan fingerprint density at radius 2 is 2.09 bits per heavy atom. The van der Waals surface area contributed by atoms with Gasteiger partial charge in [0, 0.05) is 0 Å². The summed E-state index contributed by atoms with van der Waals surface area (Å²) >= 11 is 0. The maximum Gasteiger partial charge on any atom is 0.320 e. The van der Waals surface area contributed by atoms with E-state index in [1.54, 1.807) is 18.2 Å². The largest absolute Gasteiger partial charge is 0.501 e. The standard InChI is InChI=1S/C16H13NO6/c17-10(16(20)21)7-8-3-4-11-9(6-8)13(18)14(19)15(23-11)12-2-1-5-22-12/h1-6,10,19H,7,17H2,(H,20,21)/t10-/m0/s1. The molecule has 2 aromatic heterocycles. The number of furan rings is 1. The minimum atomic E-state index is -1.13. The first-order chi connectivity index (χ1) is 11.0. The molecule has 0 radical (unpaired) electrons. The molecule has 23 heavy (non-hydrogen) atoms. The summed E-state index contributed by atoms with van der Waals surface area (Å²) in [6, 6.07) is 6.72. The van der Waals surface area contributed by atoms with Crippen molar-refractivity contribution in [3.8, 4) is 17.3 Å². The number of carboxylic acids is 1. The second-order valence-electron chi connectivity index (χ2n) is 5.07. The van der Waals surface area contributed by atoms with Gasteiger partial charge >= 0.3 is 5.97 Å². The predicted octanol–water partition coefficient (Wildman–Crippen LogP) is 1.71. The summed E-state index contributed by atoms with van der Waals surface area (Å²) in [7, 11) is 0. The van der Waals surface area contributed by atoms with Crippen molar-refractivity contribution < 1.29 is 23.8 Å². The molecule has 7 heteroatoms. The molecule has 0 spiro atoms. The van der Waals surface area contributed by atoms with Crippen LogP contribution < -0.4 is 11.2 Å². The lowest BCUT2D eigenvalue weighted by Crippen LogP contribution is -2.32. The van der Waals surface area contributed by atoms with Crippen LogP contribution >= 0.6 is 0 Å². The highest BCUT2D eigenvalue weighted by molar-refractivity contribution is 5.82. The number of nitrogens with two attached hydrogens (primary N) is 1. The van der Waals surface area contributed by atoms with Crippen molar-refractivity contribution in [2.45, 2.75) is 12.5 Å². The SMILES string of the molecule is N[C@@H](Cc1ccc2oc(-c3ccco3)c(O)c(=O)c2c1)C(=O)O. The maximum absolute atomic E-state index is 12.3. The molecule has 0 bridgehead atoms.